The predicted molar refractivity (Wildman–Crippen MR) is 107 cm³/mol. The first kappa shape index (κ1) is 21.2. The molecule has 0 saturated carbocycles. The number of phenolic OH excluding ortho intramolecular Hbond substituents is 1. The van der Waals surface area contributed by atoms with Crippen LogP contribution in [0.5, 0.6) is 17.2 Å². The molecule has 0 radical (unpaired) electrons. The van der Waals surface area contributed by atoms with Gasteiger partial charge in [0.05, 0.1) is 31.4 Å². The van der Waals surface area contributed by atoms with Crippen molar-refractivity contribution in [1.82, 2.24) is 4.90 Å². The molecule has 1 atom stereocenters. The summed E-state index contributed by atoms with van der Waals surface area (Å²) in [4.78, 5) is 26.9. The van der Waals surface area contributed by atoms with E-state index in [1.54, 1.807) is 6.07 Å². The van der Waals surface area contributed by atoms with Crippen molar-refractivity contribution in [3.8, 4) is 17.2 Å². The SMILES string of the molecule is CCCN1C(=O)C(=O)/C(=C(/O)c2cc(F)ccc2OC)C1c1ccc(OC)c(O)c1. The fourth-order valence-corrected chi connectivity index (χ4v) is 3.59. The molecule has 30 heavy (non-hydrogen) atoms. The lowest BCUT2D eigenvalue weighted by Crippen LogP contribution is -2.30. The Morgan fingerprint density at radius 2 is 1.77 bits per heavy atom. The number of hydrogen-bond donors (Lipinski definition) is 2. The number of likely N-dealkylation sites (tertiary alicyclic amines) is 1. The number of ketones is 1. The lowest BCUT2D eigenvalue weighted by molar-refractivity contribution is -0.139. The molecular formula is C22H22FNO6. The van der Waals surface area contributed by atoms with Crippen molar-refractivity contribution < 1.29 is 33.7 Å². The molecule has 1 unspecified atom stereocenters. The van der Waals surface area contributed by atoms with E-state index in [2.05, 4.69) is 0 Å². The highest BCUT2D eigenvalue weighted by atomic mass is 19.1. The Morgan fingerprint density at radius 1 is 1.10 bits per heavy atom. The highest BCUT2D eigenvalue weighted by Crippen LogP contribution is 2.42. The number of hydrogen-bond acceptors (Lipinski definition) is 6. The van der Waals surface area contributed by atoms with Gasteiger partial charge in [0, 0.05) is 6.54 Å². The molecule has 0 aliphatic carbocycles. The van der Waals surface area contributed by atoms with Gasteiger partial charge in [-0.2, -0.15) is 0 Å². The van der Waals surface area contributed by atoms with Gasteiger partial charge in [-0.25, -0.2) is 4.39 Å². The van der Waals surface area contributed by atoms with Crippen LogP contribution >= 0.6 is 0 Å². The summed E-state index contributed by atoms with van der Waals surface area (Å²) in [5.74, 6) is -2.69. The molecule has 8 heteroatoms. The Labute approximate surface area is 173 Å². The summed E-state index contributed by atoms with van der Waals surface area (Å²) in [6.45, 7) is 2.09. The number of halogens is 1. The van der Waals surface area contributed by atoms with Crippen LogP contribution < -0.4 is 9.47 Å². The quantitative estimate of drug-likeness (QED) is 0.427. The maximum atomic E-state index is 13.9. The predicted octanol–water partition coefficient (Wildman–Crippen LogP) is 3.38. The number of carbonyl (C=O) groups is 2. The largest absolute Gasteiger partial charge is 0.507 e. The van der Waals surface area contributed by atoms with Crippen molar-refractivity contribution in [2.75, 3.05) is 20.8 Å². The van der Waals surface area contributed by atoms with E-state index in [0.717, 1.165) is 12.1 Å². The second kappa shape index (κ2) is 8.44. The summed E-state index contributed by atoms with van der Waals surface area (Å²) in [5, 5.41) is 21.2. The fourth-order valence-electron chi connectivity index (χ4n) is 3.59. The third-order valence-electron chi connectivity index (χ3n) is 4.94. The molecule has 1 aliphatic rings. The van der Waals surface area contributed by atoms with Gasteiger partial charge in [-0.3, -0.25) is 9.59 Å². The number of amides is 1. The Balaban J connectivity index is 2.26. The minimum Gasteiger partial charge on any atom is -0.507 e. The van der Waals surface area contributed by atoms with Gasteiger partial charge < -0.3 is 24.6 Å². The fraction of sp³-hybridized carbons (Fsp3) is 0.273. The molecule has 2 aromatic rings. The average molecular weight is 415 g/mol. The zero-order valence-corrected chi connectivity index (χ0v) is 16.8. The third kappa shape index (κ3) is 3.56. The summed E-state index contributed by atoms with van der Waals surface area (Å²) < 4.78 is 24.1. The van der Waals surface area contributed by atoms with Crippen molar-refractivity contribution in [1.29, 1.82) is 0 Å². The smallest absolute Gasteiger partial charge is 0.295 e. The van der Waals surface area contributed by atoms with Crippen LogP contribution in [0.15, 0.2) is 42.0 Å². The van der Waals surface area contributed by atoms with Crippen molar-refractivity contribution in [2.45, 2.75) is 19.4 Å². The first-order valence-corrected chi connectivity index (χ1v) is 9.33. The summed E-state index contributed by atoms with van der Waals surface area (Å²) >= 11 is 0. The van der Waals surface area contributed by atoms with Gasteiger partial charge in [0.25, 0.3) is 11.7 Å². The second-order valence-corrected chi connectivity index (χ2v) is 6.77. The van der Waals surface area contributed by atoms with E-state index in [-0.39, 0.29) is 34.9 Å². The second-order valence-electron chi connectivity index (χ2n) is 6.77. The molecule has 0 bridgehead atoms. The van der Waals surface area contributed by atoms with Crippen molar-refractivity contribution in [2.24, 2.45) is 0 Å². The first-order valence-electron chi connectivity index (χ1n) is 9.33. The van der Waals surface area contributed by atoms with Crippen molar-refractivity contribution in [3.05, 3.63) is 58.9 Å². The van der Waals surface area contributed by atoms with Crippen LogP contribution in [-0.4, -0.2) is 47.6 Å². The molecule has 1 aliphatic heterocycles. The lowest BCUT2D eigenvalue weighted by Gasteiger charge is -2.25. The van der Waals surface area contributed by atoms with Crippen LogP contribution in [0, 0.1) is 5.82 Å². The zero-order valence-electron chi connectivity index (χ0n) is 16.8. The number of benzene rings is 2. The highest BCUT2D eigenvalue weighted by Gasteiger charge is 2.46. The van der Waals surface area contributed by atoms with Gasteiger partial charge in [0.15, 0.2) is 11.5 Å². The van der Waals surface area contributed by atoms with E-state index in [0.29, 0.717) is 12.0 Å². The number of aromatic hydroxyl groups is 1. The number of Topliss-reactive ketones (excluding diaryl/α,β-unsaturated/α-hetero) is 1. The minimum absolute atomic E-state index is 0.0465. The summed E-state index contributed by atoms with van der Waals surface area (Å²) in [7, 11) is 2.74. The van der Waals surface area contributed by atoms with Crippen molar-refractivity contribution >= 4 is 17.4 Å². The molecule has 1 fully saturated rings. The van der Waals surface area contributed by atoms with Crippen molar-refractivity contribution in [3.63, 3.8) is 0 Å². The van der Waals surface area contributed by atoms with Gasteiger partial charge >= 0.3 is 0 Å². The van der Waals surface area contributed by atoms with Crippen LogP contribution in [0.1, 0.15) is 30.5 Å². The molecule has 0 aromatic heterocycles. The van der Waals surface area contributed by atoms with Gasteiger partial charge in [-0.05, 0) is 42.3 Å². The monoisotopic (exact) mass is 415 g/mol. The van der Waals surface area contributed by atoms with Gasteiger partial charge in [-0.15, -0.1) is 0 Å². The molecule has 1 saturated heterocycles. The van der Waals surface area contributed by atoms with E-state index in [9.17, 15) is 24.2 Å². The molecule has 3 rings (SSSR count). The molecule has 158 valence electrons. The van der Waals surface area contributed by atoms with Gasteiger partial charge in [-0.1, -0.05) is 13.0 Å². The molecule has 1 heterocycles. The number of rotatable bonds is 6. The van der Waals surface area contributed by atoms with E-state index in [1.807, 2.05) is 6.92 Å². The number of aliphatic hydroxyl groups excluding tert-OH is 1. The molecule has 7 nitrogen and oxygen atoms in total. The van der Waals surface area contributed by atoms with Crippen LogP contribution in [0.2, 0.25) is 0 Å². The Hall–Kier alpha value is -3.55. The summed E-state index contributed by atoms with van der Waals surface area (Å²) in [5.41, 5.74) is 0.148. The topological polar surface area (TPSA) is 96.3 Å². The van der Waals surface area contributed by atoms with Gasteiger partial charge in [0.2, 0.25) is 0 Å². The number of methoxy groups -OCH3 is 2. The third-order valence-corrected chi connectivity index (χ3v) is 4.94. The molecule has 2 aromatic carbocycles. The molecular weight excluding hydrogens is 393 g/mol. The van der Waals surface area contributed by atoms with E-state index in [4.69, 9.17) is 9.47 Å². The van der Waals surface area contributed by atoms with Crippen LogP contribution in [0.4, 0.5) is 4.39 Å². The maximum Gasteiger partial charge on any atom is 0.295 e. The number of nitrogens with zero attached hydrogens (tertiary/aromatic N) is 1. The molecule has 2 N–H and O–H groups in total. The number of ether oxygens (including phenoxy) is 2. The van der Waals surface area contributed by atoms with E-state index < -0.39 is 29.3 Å². The molecule has 1 amide bonds. The van der Waals surface area contributed by atoms with E-state index in [1.165, 1.54) is 37.3 Å². The number of carbonyl (C=O) groups excluding carboxylic acids is 2. The molecule has 0 spiro atoms. The zero-order chi connectivity index (χ0) is 22.0. The Morgan fingerprint density at radius 3 is 2.37 bits per heavy atom. The van der Waals surface area contributed by atoms with Crippen LogP contribution in [0.25, 0.3) is 5.76 Å². The summed E-state index contributed by atoms with van der Waals surface area (Å²) in [6.07, 6.45) is 0.564. The maximum absolute atomic E-state index is 13.9. The van der Waals surface area contributed by atoms with Crippen LogP contribution in [-0.2, 0) is 9.59 Å². The number of phenols is 1. The normalized spacial score (nSPS) is 18.0. The van der Waals surface area contributed by atoms with Crippen LogP contribution in [0.3, 0.4) is 0 Å². The van der Waals surface area contributed by atoms with E-state index >= 15 is 0 Å². The average Bonchev–Trinajstić information content (AvgIpc) is 2.98. The Bertz CT molecular complexity index is 1030. The Kier molecular flexibility index (Phi) is 5.96. The standard InChI is InChI=1S/C22H22FNO6/c1-4-9-24-19(12-5-7-17(30-3)15(25)10-12)18(21(27)22(24)28)20(26)14-11-13(23)6-8-16(14)29-2/h5-8,10-11,19,25-26H,4,9H2,1-3H3/b20-18+. The van der Waals surface area contributed by atoms with Gasteiger partial charge in [0.1, 0.15) is 17.3 Å². The minimum atomic E-state index is -0.963. The highest BCUT2D eigenvalue weighted by molar-refractivity contribution is 6.46. The lowest BCUT2D eigenvalue weighted by atomic mass is 9.94. The number of aliphatic hydroxyl groups is 1. The first-order chi connectivity index (χ1) is 14.3. The summed E-state index contributed by atoms with van der Waals surface area (Å²) in [6, 6.07) is 7.01.